The molecular formula is C9H11N5. The van der Waals surface area contributed by atoms with Gasteiger partial charge in [0.2, 0.25) is 0 Å². The highest BCUT2D eigenvalue weighted by atomic mass is 15.3. The van der Waals surface area contributed by atoms with Gasteiger partial charge in [-0.3, -0.25) is 4.68 Å². The van der Waals surface area contributed by atoms with E-state index < -0.39 is 0 Å². The fourth-order valence-corrected chi connectivity index (χ4v) is 1.14. The van der Waals surface area contributed by atoms with Crippen molar-refractivity contribution in [3.8, 4) is 0 Å². The van der Waals surface area contributed by atoms with Gasteiger partial charge in [-0.2, -0.15) is 5.10 Å². The van der Waals surface area contributed by atoms with Crippen LogP contribution in [-0.4, -0.2) is 19.7 Å². The van der Waals surface area contributed by atoms with Gasteiger partial charge in [0.05, 0.1) is 11.9 Å². The number of nitrogens with zero attached hydrogens (tertiary/aromatic N) is 4. The van der Waals surface area contributed by atoms with E-state index in [4.69, 9.17) is 0 Å². The van der Waals surface area contributed by atoms with Crippen LogP contribution in [0.15, 0.2) is 31.1 Å². The number of anilines is 1. The van der Waals surface area contributed by atoms with Crippen molar-refractivity contribution in [3.05, 3.63) is 36.7 Å². The highest BCUT2D eigenvalue weighted by Gasteiger charge is 1.95. The number of hydrogen-bond donors (Lipinski definition) is 1. The van der Waals surface area contributed by atoms with E-state index in [2.05, 4.69) is 20.4 Å². The quantitative estimate of drug-likeness (QED) is 0.776. The van der Waals surface area contributed by atoms with E-state index >= 15 is 0 Å². The summed E-state index contributed by atoms with van der Waals surface area (Å²) in [6.45, 7) is 0.715. The zero-order valence-electron chi connectivity index (χ0n) is 7.88. The molecule has 2 aromatic heterocycles. The maximum atomic E-state index is 4.05. The minimum atomic E-state index is 0.715. The molecule has 2 aromatic rings. The summed E-state index contributed by atoms with van der Waals surface area (Å²) in [6.07, 6.45) is 8.80. The van der Waals surface area contributed by atoms with Gasteiger partial charge in [0.1, 0.15) is 6.33 Å². The van der Waals surface area contributed by atoms with Gasteiger partial charge in [-0.15, -0.1) is 0 Å². The van der Waals surface area contributed by atoms with Crippen LogP contribution >= 0.6 is 0 Å². The molecule has 5 heteroatoms. The summed E-state index contributed by atoms with van der Waals surface area (Å²) in [5.74, 6) is 0. The molecule has 2 rings (SSSR count). The second kappa shape index (κ2) is 3.87. The maximum Gasteiger partial charge on any atom is 0.115 e. The van der Waals surface area contributed by atoms with E-state index in [1.54, 1.807) is 23.3 Å². The highest BCUT2D eigenvalue weighted by molar-refractivity contribution is 5.38. The van der Waals surface area contributed by atoms with Crippen molar-refractivity contribution >= 4 is 5.69 Å². The molecular weight excluding hydrogens is 178 g/mol. The molecule has 0 saturated heterocycles. The monoisotopic (exact) mass is 189 g/mol. The van der Waals surface area contributed by atoms with Gasteiger partial charge in [-0.05, 0) is 0 Å². The van der Waals surface area contributed by atoms with E-state index in [9.17, 15) is 0 Å². The number of rotatable bonds is 3. The molecule has 1 N–H and O–H groups in total. The fraction of sp³-hybridized carbons (Fsp3) is 0.222. The lowest BCUT2D eigenvalue weighted by Crippen LogP contribution is -1.99. The molecule has 0 spiro atoms. The Morgan fingerprint density at radius 2 is 2.07 bits per heavy atom. The Morgan fingerprint density at radius 3 is 2.71 bits per heavy atom. The van der Waals surface area contributed by atoms with Crippen molar-refractivity contribution in [2.75, 3.05) is 5.32 Å². The third-order valence-electron chi connectivity index (χ3n) is 1.82. The molecule has 5 nitrogen and oxygen atoms in total. The molecule has 0 atom stereocenters. The van der Waals surface area contributed by atoms with Gasteiger partial charge < -0.3 is 5.32 Å². The van der Waals surface area contributed by atoms with Crippen molar-refractivity contribution in [1.29, 1.82) is 0 Å². The minimum absolute atomic E-state index is 0.715. The van der Waals surface area contributed by atoms with Gasteiger partial charge in [-0.25, -0.2) is 9.97 Å². The molecule has 0 aromatic carbocycles. The standard InChI is InChI=1S/C9H11N5/c1-14-6-9(5-13-14)12-4-8-2-10-7-11-3-8/h2-3,5-7,12H,4H2,1H3. The van der Waals surface area contributed by atoms with Crippen LogP contribution in [0.4, 0.5) is 5.69 Å². The van der Waals surface area contributed by atoms with Gasteiger partial charge in [0.15, 0.2) is 0 Å². The molecule has 2 heterocycles. The minimum Gasteiger partial charge on any atom is -0.378 e. The first kappa shape index (κ1) is 8.68. The van der Waals surface area contributed by atoms with Crippen LogP contribution in [0, 0.1) is 0 Å². The van der Waals surface area contributed by atoms with Crippen LogP contribution < -0.4 is 5.32 Å². The fourth-order valence-electron chi connectivity index (χ4n) is 1.14. The van der Waals surface area contributed by atoms with Crippen LogP contribution in [-0.2, 0) is 13.6 Å². The molecule has 14 heavy (non-hydrogen) atoms. The van der Waals surface area contributed by atoms with E-state index in [1.165, 1.54) is 6.33 Å². The summed E-state index contributed by atoms with van der Waals surface area (Å²) in [4.78, 5) is 7.86. The van der Waals surface area contributed by atoms with Crippen molar-refractivity contribution in [3.63, 3.8) is 0 Å². The highest BCUT2D eigenvalue weighted by Crippen LogP contribution is 2.05. The Hall–Kier alpha value is -1.91. The molecule has 0 fully saturated rings. The smallest absolute Gasteiger partial charge is 0.115 e. The van der Waals surface area contributed by atoms with Gasteiger partial charge in [-0.1, -0.05) is 0 Å². The predicted octanol–water partition coefficient (Wildman–Crippen LogP) is 0.822. The van der Waals surface area contributed by atoms with E-state index in [0.29, 0.717) is 6.54 Å². The van der Waals surface area contributed by atoms with Crippen molar-refractivity contribution in [2.45, 2.75) is 6.54 Å². The molecule has 0 amide bonds. The first-order chi connectivity index (χ1) is 6.84. The molecule has 0 bridgehead atoms. The summed E-state index contributed by atoms with van der Waals surface area (Å²) < 4.78 is 1.75. The van der Waals surface area contributed by atoms with Crippen LogP contribution in [0.25, 0.3) is 0 Å². The molecule has 0 aliphatic heterocycles. The Labute approximate surface area is 81.8 Å². The Bertz CT molecular complexity index is 395. The Balaban J connectivity index is 1.95. The van der Waals surface area contributed by atoms with Crippen LogP contribution in [0.3, 0.4) is 0 Å². The van der Waals surface area contributed by atoms with E-state index in [-0.39, 0.29) is 0 Å². The third kappa shape index (κ3) is 2.07. The molecule has 0 radical (unpaired) electrons. The summed E-state index contributed by atoms with van der Waals surface area (Å²) >= 11 is 0. The average Bonchev–Trinajstić information content (AvgIpc) is 2.63. The first-order valence-corrected chi connectivity index (χ1v) is 4.31. The second-order valence-corrected chi connectivity index (χ2v) is 3.00. The van der Waals surface area contributed by atoms with Crippen LogP contribution in [0.5, 0.6) is 0 Å². The maximum absolute atomic E-state index is 4.05. The van der Waals surface area contributed by atoms with Gasteiger partial charge in [0.25, 0.3) is 0 Å². The number of hydrogen-bond acceptors (Lipinski definition) is 4. The summed E-state index contributed by atoms with van der Waals surface area (Å²) in [5.41, 5.74) is 2.05. The van der Waals surface area contributed by atoms with E-state index in [0.717, 1.165) is 11.3 Å². The second-order valence-electron chi connectivity index (χ2n) is 3.00. The first-order valence-electron chi connectivity index (χ1n) is 4.31. The Morgan fingerprint density at radius 1 is 1.29 bits per heavy atom. The van der Waals surface area contributed by atoms with Gasteiger partial charge >= 0.3 is 0 Å². The van der Waals surface area contributed by atoms with Crippen molar-refractivity contribution in [1.82, 2.24) is 19.7 Å². The lowest BCUT2D eigenvalue weighted by molar-refractivity contribution is 0.768. The topological polar surface area (TPSA) is 55.6 Å². The molecule has 72 valence electrons. The zero-order chi connectivity index (χ0) is 9.80. The number of nitrogens with one attached hydrogen (secondary N) is 1. The summed E-state index contributed by atoms with van der Waals surface area (Å²) in [6, 6.07) is 0. The van der Waals surface area contributed by atoms with E-state index in [1.807, 2.05) is 13.2 Å². The van der Waals surface area contributed by atoms with Crippen LogP contribution in [0.1, 0.15) is 5.56 Å². The summed E-state index contributed by atoms with van der Waals surface area (Å²) in [5, 5.41) is 7.27. The van der Waals surface area contributed by atoms with Crippen LogP contribution in [0.2, 0.25) is 0 Å². The molecule has 0 aliphatic rings. The predicted molar refractivity (Wildman–Crippen MR) is 52.6 cm³/mol. The zero-order valence-corrected chi connectivity index (χ0v) is 7.88. The lowest BCUT2D eigenvalue weighted by Gasteiger charge is -2.01. The largest absolute Gasteiger partial charge is 0.378 e. The van der Waals surface area contributed by atoms with Crippen molar-refractivity contribution < 1.29 is 0 Å². The summed E-state index contributed by atoms with van der Waals surface area (Å²) in [7, 11) is 1.89. The number of aryl methyl sites for hydroxylation is 1. The van der Waals surface area contributed by atoms with Gasteiger partial charge in [0, 0.05) is 37.7 Å². The molecule has 0 aliphatic carbocycles. The molecule has 0 saturated carbocycles. The number of aromatic nitrogens is 4. The third-order valence-corrected chi connectivity index (χ3v) is 1.82. The molecule has 0 unspecified atom stereocenters. The van der Waals surface area contributed by atoms with Crippen molar-refractivity contribution in [2.24, 2.45) is 7.05 Å². The average molecular weight is 189 g/mol. The normalized spacial score (nSPS) is 10.1. The lowest BCUT2D eigenvalue weighted by atomic mass is 10.3. The SMILES string of the molecule is Cn1cc(NCc2cncnc2)cn1. The Kier molecular flexibility index (Phi) is 2.40.